The van der Waals surface area contributed by atoms with E-state index < -0.39 is 10.8 Å². The lowest BCUT2D eigenvalue weighted by atomic mass is 9.97. The van der Waals surface area contributed by atoms with Gasteiger partial charge in [0.25, 0.3) is 11.6 Å². The number of anilines is 1. The second-order valence-corrected chi connectivity index (χ2v) is 5.81. The average molecular weight is 352 g/mol. The van der Waals surface area contributed by atoms with Crippen molar-refractivity contribution in [1.82, 2.24) is 5.43 Å². The lowest BCUT2D eigenvalue weighted by Gasteiger charge is -2.15. The van der Waals surface area contributed by atoms with Gasteiger partial charge in [-0.05, 0) is 25.1 Å². The number of nitrogens with one attached hydrogen (secondary N) is 2. The van der Waals surface area contributed by atoms with Crippen LogP contribution in [-0.4, -0.2) is 22.4 Å². The van der Waals surface area contributed by atoms with E-state index in [1.54, 1.807) is 43.3 Å². The van der Waals surface area contributed by atoms with E-state index in [1.807, 2.05) is 0 Å². The molecule has 2 amide bonds. The third kappa shape index (κ3) is 3.44. The van der Waals surface area contributed by atoms with Crippen LogP contribution in [-0.2, 0) is 4.79 Å². The van der Waals surface area contributed by atoms with E-state index in [0.29, 0.717) is 28.8 Å². The number of nitro benzene ring substituents is 1. The average Bonchev–Trinajstić information content (AvgIpc) is 2.63. The number of carbonyl (C=O) groups is 2. The van der Waals surface area contributed by atoms with Gasteiger partial charge in [-0.1, -0.05) is 24.3 Å². The van der Waals surface area contributed by atoms with Gasteiger partial charge in [0.05, 0.1) is 10.6 Å². The quantitative estimate of drug-likeness (QED) is 0.650. The number of rotatable bonds is 4. The summed E-state index contributed by atoms with van der Waals surface area (Å²) in [7, 11) is 0. The van der Waals surface area contributed by atoms with E-state index in [2.05, 4.69) is 15.8 Å². The van der Waals surface area contributed by atoms with Crippen LogP contribution < -0.4 is 10.7 Å². The van der Waals surface area contributed by atoms with Crippen molar-refractivity contribution >= 4 is 28.9 Å². The predicted octanol–water partition coefficient (Wildman–Crippen LogP) is 2.77. The van der Waals surface area contributed by atoms with Crippen molar-refractivity contribution in [1.29, 1.82) is 0 Å². The summed E-state index contributed by atoms with van der Waals surface area (Å²) in [6.07, 6.45) is 0.679. The number of hydrogen-bond donors (Lipinski definition) is 2. The minimum absolute atomic E-state index is 0.116. The molecular formula is C18H16N4O4. The third-order valence-electron chi connectivity index (χ3n) is 4.11. The van der Waals surface area contributed by atoms with Crippen LogP contribution in [0.4, 0.5) is 11.4 Å². The smallest absolute Gasteiger partial charge is 0.296 e. The first-order valence-electron chi connectivity index (χ1n) is 7.97. The van der Waals surface area contributed by atoms with Crippen LogP contribution in [0.5, 0.6) is 0 Å². The summed E-state index contributed by atoms with van der Waals surface area (Å²) in [5, 5.41) is 18.2. The van der Waals surface area contributed by atoms with Gasteiger partial charge in [-0.15, -0.1) is 0 Å². The maximum Gasteiger partial charge on any atom is 0.296 e. The fourth-order valence-electron chi connectivity index (χ4n) is 2.80. The Morgan fingerprint density at radius 2 is 1.92 bits per heavy atom. The van der Waals surface area contributed by atoms with Crippen molar-refractivity contribution in [3.8, 4) is 0 Å². The summed E-state index contributed by atoms with van der Waals surface area (Å²) in [6.45, 7) is 1.60. The normalized spacial score (nSPS) is 13.6. The van der Waals surface area contributed by atoms with Gasteiger partial charge < -0.3 is 5.32 Å². The summed E-state index contributed by atoms with van der Waals surface area (Å²) >= 11 is 0. The molecule has 0 fully saturated rings. The highest BCUT2D eigenvalue weighted by atomic mass is 16.6. The number of nitro groups is 1. The second-order valence-electron chi connectivity index (χ2n) is 5.81. The van der Waals surface area contributed by atoms with E-state index in [-0.39, 0.29) is 23.7 Å². The Hall–Kier alpha value is -3.55. The molecule has 0 bridgehead atoms. The van der Waals surface area contributed by atoms with Crippen molar-refractivity contribution < 1.29 is 14.5 Å². The van der Waals surface area contributed by atoms with Crippen molar-refractivity contribution in [3.63, 3.8) is 0 Å². The molecule has 0 aromatic heterocycles. The Morgan fingerprint density at radius 3 is 2.54 bits per heavy atom. The molecule has 1 aliphatic rings. The first-order chi connectivity index (χ1) is 12.5. The lowest BCUT2D eigenvalue weighted by molar-refractivity contribution is -0.384. The molecule has 8 nitrogen and oxygen atoms in total. The molecule has 0 saturated heterocycles. The van der Waals surface area contributed by atoms with Crippen LogP contribution in [0.1, 0.15) is 34.3 Å². The Kier molecular flexibility index (Phi) is 4.74. The highest BCUT2D eigenvalue weighted by molar-refractivity contribution is 6.08. The zero-order valence-electron chi connectivity index (χ0n) is 14.0. The Labute approximate surface area is 149 Å². The molecule has 2 aromatic carbocycles. The van der Waals surface area contributed by atoms with Gasteiger partial charge in [-0.25, -0.2) is 5.43 Å². The molecule has 2 N–H and O–H groups in total. The van der Waals surface area contributed by atoms with Gasteiger partial charge in [0.2, 0.25) is 5.91 Å². The molecule has 1 aliphatic heterocycles. The Bertz CT molecular complexity index is 922. The predicted molar refractivity (Wildman–Crippen MR) is 96.1 cm³/mol. The number of carbonyl (C=O) groups excluding carboxylic acids is 2. The van der Waals surface area contributed by atoms with Crippen LogP contribution in [0.2, 0.25) is 0 Å². The summed E-state index contributed by atoms with van der Waals surface area (Å²) < 4.78 is 0. The summed E-state index contributed by atoms with van der Waals surface area (Å²) in [4.78, 5) is 34.6. The largest absolute Gasteiger partial charge is 0.316 e. The van der Waals surface area contributed by atoms with E-state index in [1.165, 1.54) is 6.07 Å². The fourth-order valence-corrected chi connectivity index (χ4v) is 2.80. The topological polar surface area (TPSA) is 114 Å². The van der Waals surface area contributed by atoms with Gasteiger partial charge in [-0.2, -0.15) is 5.10 Å². The molecule has 0 spiro atoms. The van der Waals surface area contributed by atoms with E-state index in [4.69, 9.17) is 0 Å². The van der Waals surface area contributed by atoms with Gasteiger partial charge in [0.1, 0.15) is 5.69 Å². The Morgan fingerprint density at radius 1 is 1.19 bits per heavy atom. The van der Waals surface area contributed by atoms with Crippen molar-refractivity contribution in [2.45, 2.75) is 19.8 Å². The standard InChI is InChI=1S/C18H16N4O4/c1-11-13(14-9-10-16(23)21-20-14)7-8-15(17(11)22(25)26)19-18(24)12-5-3-2-4-6-12/h2-8H,9-10H2,1H3,(H,19,24)(H,21,23). The van der Waals surface area contributed by atoms with E-state index >= 15 is 0 Å². The lowest BCUT2D eigenvalue weighted by Crippen LogP contribution is -2.26. The van der Waals surface area contributed by atoms with E-state index in [0.717, 1.165) is 0 Å². The SMILES string of the molecule is Cc1c(C2=NNC(=O)CC2)ccc(NC(=O)c2ccccc2)c1[N+](=O)[O-]. The number of amides is 2. The molecule has 0 atom stereocenters. The maximum atomic E-state index is 12.3. The van der Waals surface area contributed by atoms with E-state index in [9.17, 15) is 19.7 Å². The minimum atomic E-state index is -0.526. The van der Waals surface area contributed by atoms with Gasteiger partial charge in [0, 0.05) is 29.5 Å². The minimum Gasteiger partial charge on any atom is -0.316 e. The molecule has 0 saturated carbocycles. The van der Waals surface area contributed by atoms with Crippen LogP contribution in [0, 0.1) is 17.0 Å². The van der Waals surface area contributed by atoms with Gasteiger partial charge in [0.15, 0.2) is 0 Å². The second kappa shape index (κ2) is 7.14. The molecule has 132 valence electrons. The van der Waals surface area contributed by atoms with Crippen molar-refractivity contribution in [3.05, 3.63) is 69.3 Å². The molecule has 1 heterocycles. The summed E-state index contributed by atoms with van der Waals surface area (Å²) in [6, 6.07) is 11.6. The number of hydrazone groups is 1. The zero-order chi connectivity index (χ0) is 18.7. The molecular weight excluding hydrogens is 336 g/mol. The van der Waals surface area contributed by atoms with Crippen LogP contribution in [0.3, 0.4) is 0 Å². The van der Waals surface area contributed by atoms with Crippen molar-refractivity contribution in [2.24, 2.45) is 5.10 Å². The molecule has 8 heteroatoms. The molecule has 3 rings (SSSR count). The number of benzene rings is 2. The van der Waals surface area contributed by atoms with Crippen LogP contribution in [0.25, 0.3) is 0 Å². The van der Waals surface area contributed by atoms with Crippen molar-refractivity contribution in [2.75, 3.05) is 5.32 Å². The van der Waals surface area contributed by atoms with Gasteiger partial charge in [-0.3, -0.25) is 19.7 Å². The maximum absolute atomic E-state index is 12.3. The van der Waals surface area contributed by atoms with Crippen LogP contribution in [0.15, 0.2) is 47.6 Å². The Balaban J connectivity index is 1.97. The summed E-state index contributed by atoms with van der Waals surface area (Å²) in [5.41, 5.74) is 4.26. The molecule has 0 aliphatic carbocycles. The highest BCUT2D eigenvalue weighted by Gasteiger charge is 2.25. The number of nitrogens with zero attached hydrogens (tertiary/aromatic N) is 2. The summed E-state index contributed by atoms with van der Waals surface area (Å²) in [5.74, 6) is -0.615. The third-order valence-corrected chi connectivity index (χ3v) is 4.11. The molecule has 0 unspecified atom stereocenters. The molecule has 2 aromatic rings. The zero-order valence-corrected chi connectivity index (χ0v) is 14.0. The highest BCUT2D eigenvalue weighted by Crippen LogP contribution is 2.32. The molecule has 26 heavy (non-hydrogen) atoms. The fraction of sp³-hybridized carbons (Fsp3) is 0.167. The number of hydrogen-bond acceptors (Lipinski definition) is 5. The monoisotopic (exact) mass is 352 g/mol. The first kappa shape index (κ1) is 17.3. The molecule has 0 radical (unpaired) electrons. The van der Waals surface area contributed by atoms with Crippen LogP contribution >= 0.6 is 0 Å². The van der Waals surface area contributed by atoms with Gasteiger partial charge >= 0.3 is 0 Å². The first-order valence-corrected chi connectivity index (χ1v) is 7.97.